The number of piperidine rings is 1. The molecule has 1 aliphatic carbocycles. The zero-order valence-corrected chi connectivity index (χ0v) is 52.5. The van der Waals surface area contributed by atoms with Gasteiger partial charge < -0.3 is 83.4 Å². The minimum Gasteiger partial charge on any atom is -0.459 e. The number of hydrogen-bond donors (Lipinski definition) is 5. The molecule has 2 amide bonds. The fourth-order valence-corrected chi connectivity index (χ4v) is 11.6. The van der Waals surface area contributed by atoms with Gasteiger partial charge in [-0.15, -0.1) is 0 Å². The molecule has 1 saturated carbocycles. The van der Waals surface area contributed by atoms with Crippen LogP contribution in [0.3, 0.4) is 0 Å². The molecule has 0 unspecified atom stereocenters. The molecule has 3 fully saturated rings. The Kier molecular flexibility index (Phi) is 33.8. The number of cyclic esters (lactones) is 1. The number of nitrogens with two attached hydrogens (primary N) is 1. The van der Waals surface area contributed by atoms with Crippen molar-refractivity contribution in [3.63, 3.8) is 0 Å². The van der Waals surface area contributed by atoms with Crippen LogP contribution < -0.4 is 11.1 Å². The fourth-order valence-electron chi connectivity index (χ4n) is 11.6. The first-order valence-electron chi connectivity index (χ1n) is 30.9. The summed E-state index contributed by atoms with van der Waals surface area (Å²) in [6.45, 7) is 17.4. The normalized spacial score (nSPS) is 34.4. The zero-order chi connectivity index (χ0) is 62.5. The van der Waals surface area contributed by atoms with Crippen LogP contribution in [-0.4, -0.2) is 217 Å². The molecular formula is C63H105N3O19. The van der Waals surface area contributed by atoms with Gasteiger partial charge in [0.15, 0.2) is 5.78 Å². The predicted molar refractivity (Wildman–Crippen MR) is 317 cm³/mol. The number of hydrogen-bond acceptors (Lipinski definition) is 20. The summed E-state index contributed by atoms with van der Waals surface area (Å²) < 4.78 is 62.9. The molecule has 6 N–H and O–H groups in total. The number of alkyl carbamates (subject to hydrolysis) is 1. The van der Waals surface area contributed by atoms with E-state index in [9.17, 15) is 39.3 Å². The molecule has 0 spiro atoms. The monoisotopic (exact) mass is 1210 g/mol. The Morgan fingerprint density at radius 3 is 2.06 bits per heavy atom. The van der Waals surface area contributed by atoms with Gasteiger partial charge >= 0.3 is 12.1 Å². The van der Waals surface area contributed by atoms with E-state index < -0.39 is 108 Å². The van der Waals surface area contributed by atoms with E-state index in [0.717, 1.165) is 10.5 Å². The van der Waals surface area contributed by atoms with E-state index in [-0.39, 0.29) is 56.6 Å². The number of esters is 1. The lowest BCUT2D eigenvalue weighted by Crippen LogP contribution is -2.61. The summed E-state index contributed by atoms with van der Waals surface area (Å²) in [7, 11) is 4.48. The summed E-state index contributed by atoms with van der Waals surface area (Å²) >= 11 is 0. The van der Waals surface area contributed by atoms with Gasteiger partial charge in [-0.1, -0.05) is 64.2 Å². The van der Waals surface area contributed by atoms with Crippen LogP contribution in [0.1, 0.15) is 126 Å². The van der Waals surface area contributed by atoms with Crippen LogP contribution in [0.25, 0.3) is 0 Å². The van der Waals surface area contributed by atoms with Gasteiger partial charge in [0.05, 0.1) is 83.9 Å². The quantitative estimate of drug-likeness (QED) is 0.0365. The van der Waals surface area contributed by atoms with E-state index in [1.54, 1.807) is 34.0 Å². The lowest BCUT2D eigenvalue weighted by molar-refractivity contribution is -0.265. The lowest BCUT2D eigenvalue weighted by atomic mass is 9.80. The van der Waals surface area contributed by atoms with Gasteiger partial charge in [0, 0.05) is 77.7 Å². The topological polar surface area (TPSA) is 289 Å². The lowest BCUT2D eigenvalue weighted by Gasteiger charge is -2.42. The van der Waals surface area contributed by atoms with E-state index >= 15 is 0 Å². The van der Waals surface area contributed by atoms with Gasteiger partial charge in [-0.3, -0.25) is 14.4 Å². The second kappa shape index (κ2) is 39.1. The molecule has 486 valence electrons. The fraction of sp³-hybridized carbons (Fsp3) is 0.794. The van der Waals surface area contributed by atoms with Crippen molar-refractivity contribution < 1.29 is 91.4 Å². The third-order valence-electron chi connectivity index (χ3n) is 16.8. The average Bonchev–Trinajstić information content (AvgIpc) is 2.10. The van der Waals surface area contributed by atoms with Crippen molar-refractivity contribution in [1.29, 1.82) is 0 Å². The molecule has 2 bridgehead atoms. The van der Waals surface area contributed by atoms with Crippen LogP contribution in [0.4, 0.5) is 4.79 Å². The van der Waals surface area contributed by atoms with Crippen LogP contribution in [0.5, 0.6) is 0 Å². The highest BCUT2D eigenvalue weighted by Gasteiger charge is 2.53. The number of carbonyl (C=O) groups excluding carboxylic acids is 5. The number of methoxy groups -OCH3 is 3. The van der Waals surface area contributed by atoms with Crippen molar-refractivity contribution >= 4 is 29.5 Å². The highest BCUT2D eigenvalue weighted by atomic mass is 16.6. The number of nitrogens with one attached hydrogen (secondary N) is 1. The molecule has 22 heteroatoms. The third-order valence-corrected chi connectivity index (χ3v) is 16.8. The van der Waals surface area contributed by atoms with Crippen LogP contribution in [-0.2, 0) is 71.3 Å². The molecular weight excluding hydrogens is 1100 g/mol. The molecule has 4 aliphatic rings. The standard InChI is InChI=1S/C63H105N3O19/c1-11-78-27-28-80-31-32-82-34-33-81-30-29-79-26-24-65-62(73)84-52-23-21-47(38-55(52)76-9)37-49(64)54-40-51(67)43(4)36-45(6)57(69)58(77-10)56(68)44(5)35-41(2)17-13-12-14-18-42(3)53(75-8)39-48-22-20-46(7)63(74,85-48)59(70)60(71)66-25-16-15-19-50(66)61(72)83-54/h12-14,17-18,36,41,43-44,46-55,57-58,67,69,74H,11,15-16,19-35,37-40,64H2,1-10H3,(H,65,73)/b14-12+,17-13+,42-18+,45-36+/t41-,43-,44-,46-,47+,48+,49-,50+,51-,52-,53+,54+,55-,57-,58+,63-/m1/s1. The number of nitrogens with zero attached hydrogens (tertiary/aromatic N) is 1. The molecule has 2 saturated heterocycles. The van der Waals surface area contributed by atoms with E-state index in [2.05, 4.69) is 5.32 Å². The highest BCUT2D eigenvalue weighted by Crippen LogP contribution is 2.38. The highest BCUT2D eigenvalue weighted by molar-refractivity contribution is 6.39. The first kappa shape index (κ1) is 73.5. The maximum absolute atomic E-state index is 14.6. The maximum Gasteiger partial charge on any atom is 0.407 e. The molecule has 16 atom stereocenters. The summed E-state index contributed by atoms with van der Waals surface area (Å²) in [4.78, 5) is 71.3. The van der Waals surface area contributed by atoms with Gasteiger partial charge in [0.2, 0.25) is 5.79 Å². The molecule has 0 aromatic carbocycles. The van der Waals surface area contributed by atoms with Crippen LogP contribution >= 0.6 is 0 Å². The summed E-state index contributed by atoms with van der Waals surface area (Å²) in [5.41, 5.74) is 8.29. The van der Waals surface area contributed by atoms with Gasteiger partial charge in [0.25, 0.3) is 11.7 Å². The molecule has 3 aliphatic heterocycles. The molecule has 85 heavy (non-hydrogen) atoms. The van der Waals surface area contributed by atoms with Crippen LogP contribution in [0.2, 0.25) is 0 Å². The molecule has 0 aromatic rings. The first-order chi connectivity index (χ1) is 40.7. The number of allylic oxidation sites excluding steroid dienone is 5. The number of amides is 2. The van der Waals surface area contributed by atoms with Crippen molar-refractivity contribution in [3.8, 4) is 0 Å². The molecule has 0 aromatic heterocycles. The van der Waals surface area contributed by atoms with Crippen molar-refractivity contribution in [1.82, 2.24) is 10.2 Å². The van der Waals surface area contributed by atoms with Gasteiger partial charge in [-0.2, -0.15) is 0 Å². The van der Waals surface area contributed by atoms with E-state index in [4.69, 9.17) is 57.8 Å². The molecule has 22 nitrogen and oxygen atoms in total. The Hall–Kier alpha value is -4.01. The van der Waals surface area contributed by atoms with Gasteiger partial charge in [0.1, 0.15) is 30.5 Å². The number of fused-ring (bicyclic) bond motifs is 3. The largest absolute Gasteiger partial charge is 0.459 e. The van der Waals surface area contributed by atoms with E-state index in [1.165, 1.54) is 14.2 Å². The number of Topliss-reactive ketones (excluding diaryl/α,β-unsaturated/α-hetero) is 2. The average molecular weight is 1210 g/mol. The molecule has 0 radical (unpaired) electrons. The maximum atomic E-state index is 14.6. The number of carbonyl (C=O) groups is 5. The van der Waals surface area contributed by atoms with E-state index in [1.807, 2.05) is 58.1 Å². The second-order valence-corrected chi connectivity index (χ2v) is 23.4. The molecule has 4 rings (SSSR count). The smallest absolute Gasteiger partial charge is 0.407 e. The summed E-state index contributed by atoms with van der Waals surface area (Å²) in [5.74, 6) is -7.78. The van der Waals surface area contributed by atoms with Crippen LogP contribution in [0, 0.1) is 29.6 Å². The van der Waals surface area contributed by atoms with Gasteiger partial charge in [-0.25, -0.2) is 9.59 Å². The van der Waals surface area contributed by atoms with Crippen molar-refractivity contribution in [3.05, 3.63) is 47.6 Å². The summed E-state index contributed by atoms with van der Waals surface area (Å²) in [5, 5.41) is 38.3. The Balaban J connectivity index is 1.48. The Labute approximate surface area is 505 Å². The number of rotatable bonds is 23. The van der Waals surface area contributed by atoms with Crippen molar-refractivity contribution in [2.75, 3.05) is 100 Å². The Morgan fingerprint density at radius 2 is 1.42 bits per heavy atom. The summed E-state index contributed by atoms with van der Waals surface area (Å²) in [6.07, 6.45) is 8.06. The number of ketones is 2. The zero-order valence-electron chi connectivity index (χ0n) is 52.5. The number of aliphatic hydroxyl groups is 3. The van der Waals surface area contributed by atoms with E-state index in [0.29, 0.717) is 123 Å². The predicted octanol–water partition coefficient (Wildman–Crippen LogP) is 5.50. The SMILES string of the molecule is CCOCCOCCOCCOCCOCCNC(=O)O[C@@H]1CC[C@@H](C[C@@H](N)[C@@H]2C[C@@H](O)[C@H](C)/C=C(\C)[C@@H](O)[C@@H](OC)C(=O)[C@H](C)C[C@H](C)/C=C/C=C/C=C(\C)[C@@H](OC)C[C@@H]3CC[C@@H](C)[C@@](O)(O3)C(=O)C(=O)N3CCCC[C@H]3C(=O)O2)C[C@H]1OC. The summed E-state index contributed by atoms with van der Waals surface area (Å²) in [6, 6.07) is -2.08. The minimum atomic E-state index is -2.47. The minimum absolute atomic E-state index is 0.00428. The Morgan fingerprint density at radius 1 is 0.765 bits per heavy atom. The Bertz CT molecular complexity index is 2140. The van der Waals surface area contributed by atoms with Crippen LogP contribution in [0.15, 0.2) is 47.6 Å². The van der Waals surface area contributed by atoms with Gasteiger partial charge in [-0.05, 0) is 108 Å². The second-order valence-electron chi connectivity index (χ2n) is 23.4. The van der Waals surface area contributed by atoms with Crippen molar-refractivity contribution in [2.24, 2.45) is 35.3 Å². The first-order valence-corrected chi connectivity index (χ1v) is 30.9. The van der Waals surface area contributed by atoms with Crippen molar-refractivity contribution in [2.45, 2.75) is 192 Å². The third kappa shape index (κ3) is 24.1. The number of ether oxygens (including phenoxy) is 11. The molecule has 3 heterocycles. The number of aliphatic hydroxyl groups excluding tert-OH is 2.